The van der Waals surface area contributed by atoms with Crippen LogP contribution < -0.4 is 5.32 Å². The lowest BCUT2D eigenvalue weighted by atomic mass is 10.2. The zero-order valence-electron chi connectivity index (χ0n) is 11.3. The number of hydrogen-bond acceptors (Lipinski definition) is 4. The summed E-state index contributed by atoms with van der Waals surface area (Å²) in [5.41, 5.74) is 0. The van der Waals surface area contributed by atoms with Crippen LogP contribution in [-0.2, 0) is 18.4 Å². The van der Waals surface area contributed by atoms with E-state index >= 15 is 0 Å². The number of rotatable bonds is 6. The highest BCUT2D eigenvalue weighted by molar-refractivity contribution is 5.80. The number of aliphatic carboxylic acids is 1. The van der Waals surface area contributed by atoms with Gasteiger partial charge in [-0.05, 0) is 13.3 Å². The SMILES string of the molecule is CCC(C)N(CC(=O)O)C(=O)NCc1nncn1C. The first-order valence-electron chi connectivity index (χ1n) is 6.04. The Morgan fingerprint density at radius 3 is 2.74 bits per heavy atom. The molecule has 106 valence electrons. The van der Waals surface area contributed by atoms with Gasteiger partial charge in [0.1, 0.15) is 12.9 Å². The number of carboxylic acids is 1. The van der Waals surface area contributed by atoms with E-state index in [1.807, 2.05) is 13.8 Å². The van der Waals surface area contributed by atoms with Crippen LogP contribution in [-0.4, -0.2) is 49.4 Å². The molecule has 2 amide bonds. The third kappa shape index (κ3) is 4.23. The van der Waals surface area contributed by atoms with Crippen molar-refractivity contribution < 1.29 is 14.7 Å². The number of amides is 2. The number of urea groups is 1. The third-order valence-electron chi connectivity index (χ3n) is 2.89. The summed E-state index contributed by atoms with van der Waals surface area (Å²) in [6.45, 7) is 3.60. The molecule has 0 aliphatic carbocycles. The first-order chi connectivity index (χ1) is 8.95. The second-order valence-electron chi connectivity index (χ2n) is 4.30. The molecule has 1 aromatic rings. The lowest BCUT2D eigenvalue weighted by Crippen LogP contribution is -2.47. The lowest BCUT2D eigenvalue weighted by Gasteiger charge is -2.26. The largest absolute Gasteiger partial charge is 0.480 e. The topological polar surface area (TPSA) is 100 Å². The molecule has 0 aromatic carbocycles. The second kappa shape index (κ2) is 6.72. The van der Waals surface area contributed by atoms with E-state index in [1.165, 1.54) is 11.2 Å². The molecule has 0 fully saturated rings. The molecule has 0 spiro atoms. The molecule has 0 saturated heterocycles. The molecular weight excluding hydrogens is 250 g/mol. The van der Waals surface area contributed by atoms with Crippen molar-refractivity contribution in [2.24, 2.45) is 7.05 Å². The summed E-state index contributed by atoms with van der Waals surface area (Å²) < 4.78 is 1.69. The highest BCUT2D eigenvalue weighted by Crippen LogP contribution is 2.04. The summed E-state index contributed by atoms with van der Waals surface area (Å²) in [5.74, 6) is -0.429. The summed E-state index contributed by atoms with van der Waals surface area (Å²) in [6, 6.07) is -0.560. The first kappa shape index (κ1) is 14.9. The molecule has 1 aromatic heterocycles. The van der Waals surface area contributed by atoms with Crippen LogP contribution in [0, 0.1) is 0 Å². The molecule has 8 heteroatoms. The molecule has 1 heterocycles. The van der Waals surface area contributed by atoms with Gasteiger partial charge in [-0.3, -0.25) is 4.79 Å². The van der Waals surface area contributed by atoms with E-state index < -0.39 is 12.0 Å². The molecule has 0 aliphatic rings. The molecule has 19 heavy (non-hydrogen) atoms. The summed E-state index contributed by atoms with van der Waals surface area (Å²) in [7, 11) is 1.77. The van der Waals surface area contributed by atoms with E-state index in [-0.39, 0.29) is 19.1 Å². The summed E-state index contributed by atoms with van der Waals surface area (Å²) in [4.78, 5) is 24.0. The Bertz CT molecular complexity index is 445. The lowest BCUT2D eigenvalue weighted by molar-refractivity contribution is -0.138. The van der Waals surface area contributed by atoms with Crippen LogP contribution in [0.1, 0.15) is 26.1 Å². The minimum atomic E-state index is -1.03. The number of carbonyl (C=O) groups is 2. The van der Waals surface area contributed by atoms with Gasteiger partial charge in [0.15, 0.2) is 5.82 Å². The van der Waals surface area contributed by atoms with Crippen LogP contribution in [0.4, 0.5) is 4.79 Å². The van der Waals surface area contributed by atoms with Gasteiger partial charge in [0.05, 0.1) is 6.54 Å². The van der Waals surface area contributed by atoms with Gasteiger partial charge in [0, 0.05) is 13.1 Å². The Hall–Kier alpha value is -2.12. The van der Waals surface area contributed by atoms with Gasteiger partial charge in [0.2, 0.25) is 0 Å². The number of nitrogens with zero attached hydrogens (tertiary/aromatic N) is 4. The minimum absolute atomic E-state index is 0.143. The Balaban J connectivity index is 2.61. The van der Waals surface area contributed by atoms with E-state index in [1.54, 1.807) is 11.6 Å². The fourth-order valence-electron chi connectivity index (χ4n) is 1.52. The number of carboxylic acid groups (broad SMARTS) is 1. The van der Waals surface area contributed by atoms with Crippen molar-refractivity contribution in [3.8, 4) is 0 Å². The maximum absolute atomic E-state index is 12.0. The molecule has 0 aliphatic heterocycles. The van der Waals surface area contributed by atoms with Gasteiger partial charge in [-0.2, -0.15) is 0 Å². The maximum atomic E-state index is 12.0. The van der Waals surface area contributed by atoms with Crippen molar-refractivity contribution in [3.63, 3.8) is 0 Å². The predicted molar refractivity (Wildman–Crippen MR) is 67.3 cm³/mol. The van der Waals surface area contributed by atoms with E-state index in [0.717, 1.165) is 0 Å². The van der Waals surface area contributed by atoms with Gasteiger partial charge in [0.25, 0.3) is 0 Å². The van der Waals surface area contributed by atoms with Crippen LogP contribution in [0.2, 0.25) is 0 Å². The Morgan fingerprint density at radius 1 is 1.58 bits per heavy atom. The van der Waals surface area contributed by atoms with Crippen LogP contribution in [0.5, 0.6) is 0 Å². The van der Waals surface area contributed by atoms with Crippen molar-refractivity contribution in [1.29, 1.82) is 0 Å². The van der Waals surface area contributed by atoms with Crippen molar-refractivity contribution >= 4 is 12.0 Å². The number of nitrogens with one attached hydrogen (secondary N) is 1. The van der Waals surface area contributed by atoms with Gasteiger partial charge in [-0.25, -0.2) is 4.79 Å². The summed E-state index contributed by atoms with van der Waals surface area (Å²) >= 11 is 0. The molecule has 0 saturated carbocycles. The standard InChI is InChI=1S/C11H19N5O3/c1-4-8(2)16(6-10(17)18)11(19)12-5-9-14-13-7-15(9)3/h7-8H,4-6H2,1-3H3,(H,12,19)(H,17,18). The Morgan fingerprint density at radius 2 is 2.26 bits per heavy atom. The van der Waals surface area contributed by atoms with E-state index in [0.29, 0.717) is 12.2 Å². The van der Waals surface area contributed by atoms with Crippen LogP contribution in [0.3, 0.4) is 0 Å². The van der Waals surface area contributed by atoms with Crippen molar-refractivity contribution in [2.75, 3.05) is 6.54 Å². The molecule has 1 unspecified atom stereocenters. The maximum Gasteiger partial charge on any atom is 0.323 e. The minimum Gasteiger partial charge on any atom is -0.480 e. The van der Waals surface area contributed by atoms with Gasteiger partial charge >= 0.3 is 12.0 Å². The number of aromatic nitrogens is 3. The quantitative estimate of drug-likeness (QED) is 0.769. The van der Waals surface area contributed by atoms with Crippen LogP contribution >= 0.6 is 0 Å². The third-order valence-corrected chi connectivity index (χ3v) is 2.89. The van der Waals surface area contributed by atoms with Gasteiger partial charge in [-0.15, -0.1) is 10.2 Å². The average molecular weight is 269 g/mol. The fourth-order valence-corrected chi connectivity index (χ4v) is 1.52. The zero-order valence-corrected chi connectivity index (χ0v) is 11.3. The number of carbonyl (C=O) groups excluding carboxylic acids is 1. The highest BCUT2D eigenvalue weighted by atomic mass is 16.4. The summed E-state index contributed by atoms with van der Waals surface area (Å²) in [6.07, 6.45) is 2.22. The predicted octanol–water partition coefficient (Wildman–Crippen LogP) is 0.210. The van der Waals surface area contributed by atoms with E-state index in [2.05, 4.69) is 15.5 Å². The molecule has 0 bridgehead atoms. The molecule has 2 N–H and O–H groups in total. The van der Waals surface area contributed by atoms with E-state index in [9.17, 15) is 9.59 Å². The summed E-state index contributed by atoms with van der Waals surface area (Å²) in [5, 5.41) is 19.0. The normalized spacial score (nSPS) is 11.9. The number of hydrogen-bond donors (Lipinski definition) is 2. The first-order valence-corrected chi connectivity index (χ1v) is 6.04. The van der Waals surface area contributed by atoms with Crippen molar-refractivity contribution in [1.82, 2.24) is 25.0 Å². The highest BCUT2D eigenvalue weighted by Gasteiger charge is 2.21. The molecule has 1 rings (SSSR count). The van der Waals surface area contributed by atoms with Crippen molar-refractivity contribution in [2.45, 2.75) is 32.9 Å². The Kier molecular flexibility index (Phi) is 5.28. The monoisotopic (exact) mass is 269 g/mol. The molecular formula is C11H19N5O3. The van der Waals surface area contributed by atoms with Crippen molar-refractivity contribution in [3.05, 3.63) is 12.2 Å². The Labute approximate surface area is 111 Å². The zero-order chi connectivity index (χ0) is 14.4. The second-order valence-corrected chi connectivity index (χ2v) is 4.30. The van der Waals surface area contributed by atoms with Crippen LogP contribution in [0.15, 0.2) is 6.33 Å². The fraction of sp³-hybridized carbons (Fsp3) is 0.636. The van der Waals surface area contributed by atoms with Crippen LogP contribution in [0.25, 0.3) is 0 Å². The molecule has 1 atom stereocenters. The van der Waals surface area contributed by atoms with Gasteiger partial charge < -0.3 is 19.9 Å². The molecule has 8 nitrogen and oxygen atoms in total. The van der Waals surface area contributed by atoms with E-state index in [4.69, 9.17) is 5.11 Å². The number of aryl methyl sites for hydroxylation is 1. The molecule has 0 radical (unpaired) electrons. The smallest absolute Gasteiger partial charge is 0.323 e. The van der Waals surface area contributed by atoms with Gasteiger partial charge in [-0.1, -0.05) is 6.92 Å². The average Bonchev–Trinajstić information content (AvgIpc) is 2.77.